The van der Waals surface area contributed by atoms with Crippen molar-refractivity contribution in [3.8, 4) is 0 Å². The number of carbonyl (C=O) groups is 3. The number of hydrogen-bond acceptors (Lipinski definition) is 6. The maximum Gasteiger partial charge on any atom is 0.306 e. The van der Waals surface area contributed by atoms with Crippen LogP contribution in [-0.4, -0.2) is 37.2 Å². The van der Waals surface area contributed by atoms with Gasteiger partial charge in [0.15, 0.2) is 6.10 Å². The van der Waals surface area contributed by atoms with Gasteiger partial charge in [-0.05, 0) is 64.2 Å². The number of carbonyl (C=O) groups excluding carboxylic acids is 3. The molecule has 0 aliphatic rings. The normalized spacial score (nSPS) is 12.5. The molecule has 0 saturated carbocycles. The van der Waals surface area contributed by atoms with Gasteiger partial charge < -0.3 is 14.2 Å². The topological polar surface area (TPSA) is 78.9 Å². The molecule has 0 heterocycles. The van der Waals surface area contributed by atoms with Gasteiger partial charge in [-0.25, -0.2) is 0 Å². The van der Waals surface area contributed by atoms with Crippen LogP contribution in [0.3, 0.4) is 0 Å². The first-order chi connectivity index (χ1) is 30.0. The highest BCUT2D eigenvalue weighted by Gasteiger charge is 2.19. The first kappa shape index (κ1) is 58.1. The Kier molecular flexibility index (Phi) is 47.4. The summed E-state index contributed by atoms with van der Waals surface area (Å²) < 4.78 is 16.7. The Hall–Kier alpha value is -2.89. The highest BCUT2D eigenvalue weighted by atomic mass is 16.6. The molecule has 6 nitrogen and oxygen atoms in total. The van der Waals surface area contributed by atoms with Gasteiger partial charge in [0.2, 0.25) is 0 Å². The summed E-state index contributed by atoms with van der Waals surface area (Å²) in [7, 11) is 0. The Morgan fingerprint density at radius 3 is 1.00 bits per heavy atom. The van der Waals surface area contributed by atoms with E-state index in [1.165, 1.54) is 116 Å². The highest BCUT2D eigenvalue weighted by Crippen LogP contribution is 2.16. The van der Waals surface area contributed by atoms with E-state index < -0.39 is 6.10 Å². The number of unbranched alkanes of at least 4 members (excludes halogenated alkanes) is 25. The molecule has 0 aromatic heterocycles. The zero-order chi connectivity index (χ0) is 44.4. The quantitative estimate of drug-likeness (QED) is 0.0263. The SMILES string of the molecule is CC/C=C\C/C=C\C/C=C\C/C=C\C/C=C\CCCCCC(=O)OCC(COC(=O)CCCCCCCC)OC(=O)CCCCCCCCCCCCCCCCCCCC. The van der Waals surface area contributed by atoms with Crippen molar-refractivity contribution in [1.29, 1.82) is 0 Å². The average molecular weight is 853 g/mol. The van der Waals surface area contributed by atoms with Crippen LogP contribution in [0.2, 0.25) is 0 Å². The fourth-order valence-electron chi connectivity index (χ4n) is 7.17. The molecule has 6 heteroatoms. The summed E-state index contributed by atoms with van der Waals surface area (Å²) in [5.41, 5.74) is 0. The zero-order valence-electron chi connectivity index (χ0n) is 40.2. The van der Waals surface area contributed by atoms with Crippen LogP contribution < -0.4 is 0 Å². The van der Waals surface area contributed by atoms with Gasteiger partial charge in [-0.1, -0.05) is 229 Å². The van der Waals surface area contributed by atoms with Gasteiger partial charge in [-0.15, -0.1) is 0 Å². The predicted octanol–water partition coefficient (Wildman–Crippen LogP) is 16.9. The van der Waals surface area contributed by atoms with Gasteiger partial charge in [0.05, 0.1) is 0 Å². The van der Waals surface area contributed by atoms with Crippen LogP contribution in [0.15, 0.2) is 60.8 Å². The van der Waals surface area contributed by atoms with E-state index >= 15 is 0 Å². The fraction of sp³-hybridized carbons (Fsp3) is 0.764. The van der Waals surface area contributed by atoms with E-state index in [0.29, 0.717) is 19.3 Å². The van der Waals surface area contributed by atoms with Gasteiger partial charge in [0.25, 0.3) is 0 Å². The molecule has 0 aliphatic heterocycles. The summed E-state index contributed by atoms with van der Waals surface area (Å²) in [6.45, 7) is 6.45. The number of esters is 3. The van der Waals surface area contributed by atoms with Gasteiger partial charge in [-0.2, -0.15) is 0 Å². The van der Waals surface area contributed by atoms with E-state index in [4.69, 9.17) is 14.2 Å². The van der Waals surface area contributed by atoms with Gasteiger partial charge >= 0.3 is 17.9 Å². The second-order valence-electron chi connectivity index (χ2n) is 17.1. The van der Waals surface area contributed by atoms with Crippen molar-refractivity contribution >= 4 is 17.9 Å². The van der Waals surface area contributed by atoms with E-state index in [-0.39, 0.29) is 31.1 Å². The van der Waals surface area contributed by atoms with Gasteiger partial charge in [-0.3, -0.25) is 14.4 Å². The molecule has 0 aliphatic carbocycles. The lowest BCUT2D eigenvalue weighted by Crippen LogP contribution is -2.30. The van der Waals surface area contributed by atoms with Crippen molar-refractivity contribution in [1.82, 2.24) is 0 Å². The lowest BCUT2D eigenvalue weighted by molar-refractivity contribution is -0.167. The van der Waals surface area contributed by atoms with Crippen molar-refractivity contribution < 1.29 is 28.6 Å². The molecular weight excluding hydrogens is 757 g/mol. The van der Waals surface area contributed by atoms with Crippen LogP contribution in [0.25, 0.3) is 0 Å². The zero-order valence-corrected chi connectivity index (χ0v) is 40.2. The second-order valence-corrected chi connectivity index (χ2v) is 17.1. The maximum atomic E-state index is 12.8. The fourth-order valence-corrected chi connectivity index (χ4v) is 7.17. The van der Waals surface area contributed by atoms with E-state index in [2.05, 4.69) is 81.5 Å². The minimum Gasteiger partial charge on any atom is -0.462 e. The van der Waals surface area contributed by atoms with Crippen LogP contribution in [-0.2, 0) is 28.6 Å². The standard InChI is InChI=1S/C55H96O6/c1-4-7-10-13-16-18-20-22-24-26-28-30-31-33-35-37-39-42-45-48-54(57)60-51-52(50-59-53(56)47-44-41-15-12-9-6-3)61-55(58)49-46-43-40-38-36-34-32-29-27-25-23-21-19-17-14-11-8-5-2/h7,10,16,18,22,24,28,30,33,35,52H,4-6,8-9,11-15,17,19-21,23,25-27,29,31-32,34,36-51H2,1-3H3/b10-7-,18-16-,24-22-,30-28-,35-33-. The van der Waals surface area contributed by atoms with Crippen molar-refractivity contribution in [2.45, 2.75) is 258 Å². The predicted molar refractivity (Wildman–Crippen MR) is 261 cm³/mol. The number of allylic oxidation sites excluding steroid dienone is 10. The largest absolute Gasteiger partial charge is 0.462 e. The van der Waals surface area contributed by atoms with Crippen molar-refractivity contribution in [2.24, 2.45) is 0 Å². The Balaban J connectivity index is 4.26. The minimum atomic E-state index is -0.782. The molecule has 0 aromatic carbocycles. The highest BCUT2D eigenvalue weighted by molar-refractivity contribution is 5.71. The van der Waals surface area contributed by atoms with Gasteiger partial charge in [0, 0.05) is 19.3 Å². The summed E-state index contributed by atoms with van der Waals surface area (Å²) in [6.07, 6.45) is 60.9. The molecule has 0 rings (SSSR count). The Morgan fingerprint density at radius 1 is 0.344 bits per heavy atom. The molecule has 352 valence electrons. The first-order valence-corrected chi connectivity index (χ1v) is 25.8. The van der Waals surface area contributed by atoms with Crippen molar-refractivity contribution in [3.63, 3.8) is 0 Å². The Labute approximate surface area is 377 Å². The van der Waals surface area contributed by atoms with E-state index in [9.17, 15) is 14.4 Å². The summed E-state index contributed by atoms with van der Waals surface area (Å²) in [6, 6.07) is 0. The molecule has 0 spiro atoms. The molecule has 61 heavy (non-hydrogen) atoms. The van der Waals surface area contributed by atoms with Gasteiger partial charge in [0.1, 0.15) is 13.2 Å². The summed E-state index contributed by atoms with van der Waals surface area (Å²) >= 11 is 0. The van der Waals surface area contributed by atoms with Crippen LogP contribution in [0, 0.1) is 0 Å². The molecule has 0 aromatic rings. The third-order valence-electron chi connectivity index (χ3n) is 11.0. The van der Waals surface area contributed by atoms with E-state index in [1.54, 1.807) is 0 Å². The monoisotopic (exact) mass is 853 g/mol. The van der Waals surface area contributed by atoms with Crippen LogP contribution in [0.1, 0.15) is 252 Å². The third-order valence-corrected chi connectivity index (χ3v) is 11.0. The third kappa shape index (κ3) is 48.0. The molecule has 0 saturated heterocycles. The van der Waals surface area contributed by atoms with Crippen molar-refractivity contribution in [2.75, 3.05) is 13.2 Å². The summed E-state index contributed by atoms with van der Waals surface area (Å²) in [5.74, 6) is -0.920. The molecule has 0 bridgehead atoms. The lowest BCUT2D eigenvalue weighted by atomic mass is 10.0. The Morgan fingerprint density at radius 2 is 0.639 bits per heavy atom. The molecule has 0 amide bonds. The number of ether oxygens (including phenoxy) is 3. The smallest absolute Gasteiger partial charge is 0.306 e. The van der Waals surface area contributed by atoms with E-state index in [1.807, 2.05) is 0 Å². The van der Waals surface area contributed by atoms with Crippen LogP contribution in [0.5, 0.6) is 0 Å². The molecular formula is C55H96O6. The minimum absolute atomic E-state index is 0.0833. The van der Waals surface area contributed by atoms with Crippen LogP contribution >= 0.6 is 0 Å². The maximum absolute atomic E-state index is 12.8. The molecule has 1 atom stereocenters. The van der Waals surface area contributed by atoms with Crippen molar-refractivity contribution in [3.05, 3.63) is 60.8 Å². The Bertz CT molecular complexity index is 1120. The average Bonchev–Trinajstić information content (AvgIpc) is 3.26. The molecule has 1 unspecified atom stereocenters. The lowest BCUT2D eigenvalue weighted by Gasteiger charge is -2.18. The molecule has 0 radical (unpaired) electrons. The summed E-state index contributed by atoms with van der Waals surface area (Å²) in [4.78, 5) is 37.7. The van der Waals surface area contributed by atoms with Crippen LogP contribution in [0.4, 0.5) is 0 Å². The summed E-state index contributed by atoms with van der Waals surface area (Å²) in [5, 5.41) is 0. The van der Waals surface area contributed by atoms with E-state index in [0.717, 1.165) is 96.3 Å². The number of hydrogen-bond donors (Lipinski definition) is 0. The molecule has 0 N–H and O–H groups in total. The second kappa shape index (κ2) is 49.8. The first-order valence-electron chi connectivity index (χ1n) is 25.8. The molecule has 0 fully saturated rings. The number of rotatable bonds is 46.